The van der Waals surface area contributed by atoms with Gasteiger partial charge in [0, 0.05) is 6.54 Å². The number of carbonyl (C=O) groups excluding carboxylic acids is 1. The molecule has 0 aliphatic carbocycles. The number of nitrogens with one attached hydrogen (secondary N) is 2. The topological polar surface area (TPSA) is 70.6 Å². The summed E-state index contributed by atoms with van der Waals surface area (Å²) >= 11 is 0. The summed E-state index contributed by atoms with van der Waals surface area (Å²) in [6.45, 7) is 0.336. The molecule has 5 nitrogen and oxygen atoms in total. The monoisotopic (exact) mass is 314 g/mol. The highest BCUT2D eigenvalue weighted by Crippen LogP contribution is 2.17. The highest BCUT2D eigenvalue weighted by molar-refractivity contribution is 5.74. The average Bonchev–Trinajstić information content (AvgIpc) is 2.61. The highest BCUT2D eigenvalue weighted by Gasteiger charge is 2.12. The molecule has 0 fully saturated rings. The molecule has 2 aromatic carbocycles. The second-order valence-corrected chi connectivity index (χ2v) is 5.11. The lowest BCUT2D eigenvalue weighted by Gasteiger charge is -2.17. The van der Waals surface area contributed by atoms with Gasteiger partial charge in [-0.1, -0.05) is 48.5 Å². The SMILES string of the molecule is COc1ccccc1CCNC(=O)N[C@H](CO)c1ccccc1. The van der Waals surface area contributed by atoms with E-state index in [0.29, 0.717) is 13.0 Å². The molecule has 0 unspecified atom stereocenters. The first kappa shape index (κ1) is 16.8. The maximum atomic E-state index is 12.0. The molecule has 0 aliphatic rings. The summed E-state index contributed by atoms with van der Waals surface area (Å²) in [6.07, 6.45) is 0.673. The molecule has 2 amide bonds. The number of amides is 2. The van der Waals surface area contributed by atoms with Crippen molar-refractivity contribution in [1.82, 2.24) is 10.6 Å². The van der Waals surface area contributed by atoms with E-state index in [9.17, 15) is 9.90 Å². The summed E-state index contributed by atoms with van der Waals surface area (Å²) < 4.78 is 5.28. The molecule has 2 aromatic rings. The van der Waals surface area contributed by atoms with Crippen molar-refractivity contribution in [2.75, 3.05) is 20.3 Å². The number of urea groups is 1. The Morgan fingerprint density at radius 1 is 1.13 bits per heavy atom. The van der Waals surface area contributed by atoms with Gasteiger partial charge in [-0.15, -0.1) is 0 Å². The van der Waals surface area contributed by atoms with Crippen LogP contribution in [0.2, 0.25) is 0 Å². The molecule has 0 aliphatic heterocycles. The van der Waals surface area contributed by atoms with E-state index in [2.05, 4.69) is 10.6 Å². The largest absolute Gasteiger partial charge is 0.496 e. The van der Waals surface area contributed by atoms with Crippen LogP contribution in [0, 0.1) is 0 Å². The minimum absolute atomic E-state index is 0.149. The van der Waals surface area contributed by atoms with Gasteiger partial charge in [0.15, 0.2) is 0 Å². The van der Waals surface area contributed by atoms with Gasteiger partial charge in [-0.05, 0) is 23.6 Å². The van der Waals surface area contributed by atoms with Crippen LogP contribution in [0.15, 0.2) is 54.6 Å². The first-order chi connectivity index (χ1) is 11.2. The Kier molecular flexibility index (Phi) is 6.44. The smallest absolute Gasteiger partial charge is 0.315 e. The van der Waals surface area contributed by atoms with Crippen LogP contribution in [0.4, 0.5) is 4.79 Å². The number of hydrogen-bond donors (Lipinski definition) is 3. The Morgan fingerprint density at radius 2 is 1.83 bits per heavy atom. The Morgan fingerprint density at radius 3 is 2.52 bits per heavy atom. The standard InChI is InChI=1S/C18H22N2O3/c1-23-17-10-6-5-9-15(17)11-12-19-18(22)20-16(13-21)14-7-3-2-4-8-14/h2-10,16,21H,11-13H2,1H3,(H2,19,20,22)/t16-/m1/s1. The normalized spacial score (nSPS) is 11.6. The van der Waals surface area contributed by atoms with Crippen molar-refractivity contribution >= 4 is 6.03 Å². The molecule has 5 heteroatoms. The Bertz CT molecular complexity index is 617. The molecular weight excluding hydrogens is 292 g/mol. The molecular formula is C18H22N2O3. The van der Waals surface area contributed by atoms with Gasteiger partial charge in [0.05, 0.1) is 19.8 Å². The molecule has 1 atom stereocenters. The van der Waals surface area contributed by atoms with E-state index < -0.39 is 6.04 Å². The minimum Gasteiger partial charge on any atom is -0.496 e. The number of hydrogen-bond acceptors (Lipinski definition) is 3. The summed E-state index contributed by atoms with van der Waals surface area (Å²) in [5.41, 5.74) is 1.91. The summed E-state index contributed by atoms with van der Waals surface area (Å²) in [4.78, 5) is 12.0. The van der Waals surface area contributed by atoms with Crippen molar-refractivity contribution in [3.8, 4) is 5.75 Å². The molecule has 122 valence electrons. The minimum atomic E-state index is -0.414. The number of rotatable bonds is 7. The van der Waals surface area contributed by atoms with E-state index in [-0.39, 0.29) is 12.6 Å². The second-order valence-electron chi connectivity index (χ2n) is 5.11. The first-order valence-corrected chi connectivity index (χ1v) is 7.56. The van der Waals surface area contributed by atoms with Crippen LogP contribution in [0.1, 0.15) is 17.2 Å². The molecule has 0 spiro atoms. The Labute approximate surface area is 136 Å². The van der Waals surface area contributed by atoms with Crippen molar-refractivity contribution in [3.63, 3.8) is 0 Å². The van der Waals surface area contributed by atoms with Crippen molar-refractivity contribution in [1.29, 1.82) is 0 Å². The maximum Gasteiger partial charge on any atom is 0.315 e. The van der Waals surface area contributed by atoms with E-state index in [0.717, 1.165) is 16.9 Å². The lowest BCUT2D eigenvalue weighted by Crippen LogP contribution is -2.40. The number of methoxy groups -OCH3 is 1. The molecule has 0 saturated heterocycles. The zero-order valence-electron chi connectivity index (χ0n) is 13.2. The van der Waals surface area contributed by atoms with Gasteiger partial charge in [0.25, 0.3) is 0 Å². The van der Waals surface area contributed by atoms with Crippen LogP contribution in [0.3, 0.4) is 0 Å². The molecule has 3 N–H and O–H groups in total. The molecule has 0 radical (unpaired) electrons. The van der Waals surface area contributed by atoms with Gasteiger partial charge in [-0.3, -0.25) is 0 Å². The van der Waals surface area contributed by atoms with Crippen LogP contribution in [0.25, 0.3) is 0 Å². The van der Waals surface area contributed by atoms with E-state index in [1.807, 2.05) is 54.6 Å². The third-order valence-corrected chi connectivity index (χ3v) is 3.56. The zero-order chi connectivity index (χ0) is 16.5. The third kappa shape index (κ3) is 5.00. The number of ether oxygens (including phenoxy) is 1. The van der Waals surface area contributed by atoms with E-state index >= 15 is 0 Å². The summed E-state index contributed by atoms with van der Waals surface area (Å²) in [6, 6.07) is 16.4. The van der Waals surface area contributed by atoms with Crippen LogP contribution in [0.5, 0.6) is 5.75 Å². The molecule has 0 heterocycles. The first-order valence-electron chi connectivity index (χ1n) is 7.56. The summed E-state index contributed by atoms with van der Waals surface area (Å²) in [5, 5.41) is 15.0. The van der Waals surface area contributed by atoms with Crippen LogP contribution in [-0.2, 0) is 6.42 Å². The van der Waals surface area contributed by atoms with Gasteiger partial charge < -0.3 is 20.5 Å². The van der Waals surface area contributed by atoms with Crippen LogP contribution in [-0.4, -0.2) is 31.4 Å². The lowest BCUT2D eigenvalue weighted by molar-refractivity contribution is 0.217. The van der Waals surface area contributed by atoms with Crippen LogP contribution < -0.4 is 15.4 Å². The van der Waals surface area contributed by atoms with E-state index in [1.54, 1.807) is 7.11 Å². The average molecular weight is 314 g/mol. The third-order valence-electron chi connectivity index (χ3n) is 3.56. The van der Waals surface area contributed by atoms with Gasteiger partial charge in [0.2, 0.25) is 0 Å². The number of aliphatic hydroxyl groups is 1. The fraction of sp³-hybridized carbons (Fsp3) is 0.278. The fourth-order valence-corrected chi connectivity index (χ4v) is 2.35. The van der Waals surface area contributed by atoms with Gasteiger partial charge >= 0.3 is 6.03 Å². The predicted octanol–water partition coefficient (Wildman–Crippen LogP) is 2.27. The Hall–Kier alpha value is -2.53. The number of aliphatic hydroxyl groups excluding tert-OH is 1. The van der Waals surface area contributed by atoms with Crippen molar-refractivity contribution in [2.45, 2.75) is 12.5 Å². The molecule has 0 bridgehead atoms. The molecule has 23 heavy (non-hydrogen) atoms. The van der Waals surface area contributed by atoms with Crippen LogP contribution >= 0.6 is 0 Å². The fourth-order valence-electron chi connectivity index (χ4n) is 2.35. The Balaban J connectivity index is 1.83. The second kappa shape index (κ2) is 8.80. The predicted molar refractivity (Wildman–Crippen MR) is 89.5 cm³/mol. The number of para-hydroxylation sites is 1. The van der Waals surface area contributed by atoms with Crippen molar-refractivity contribution in [3.05, 3.63) is 65.7 Å². The molecule has 0 aromatic heterocycles. The maximum absolute atomic E-state index is 12.0. The van der Waals surface area contributed by atoms with Gasteiger partial charge in [-0.25, -0.2) is 4.79 Å². The molecule has 0 saturated carbocycles. The van der Waals surface area contributed by atoms with E-state index in [1.165, 1.54) is 0 Å². The quantitative estimate of drug-likeness (QED) is 0.734. The lowest BCUT2D eigenvalue weighted by atomic mass is 10.1. The van der Waals surface area contributed by atoms with Crippen molar-refractivity contribution in [2.24, 2.45) is 0 Å². The van der Waals surface area contributed by atoms with E-state index in [4.69, 9.17) is 4.74 Å². The summed E-state index contributed by atoms with van der Waals surface area (Å²) in [5.74, 6) is 0.812. The number of benzene rings is 2. The van der Waals surface area contributed by atoms with Gasteiger partial charge in [-0.2, -0.15) is 0 Å². The highest BCUT2D eigenvalue weighted by atomic mass is 16.5. The van der Waals surface area contributed by atoms with Crippen molar-refractivity contribution < 1.29 is 14.6 Å². The zero-order valence-corrected chi connectivity index (χ0v) is 13.2. The number of carbonyl (C=O) groups is 1. The summed E-state index contributed by atoms with van der Waals surface area (Å²) in [7, 11) is 1.63. The molecule has 2 rings (SSSR count). The van der Waals surface area contributed by atoms with Gasteiger partial charge in [0.1, 0.15) is 5.75 Å².